The molecule has 1 aromatic heterocycles. The van der Waals surface area contributed by atoms with Crippen molar-refractivity contribution in [3.8, 4) is 0 Å². The Labute approximate surface area is 165 Å². The summed E-state index contributed by atoms with van der Waals surface area (Å²) in [5.41, 5.74) is 2.17. The monoisotopic (exact) mass is 410 g/mol. The summed E-state index contributed by atoms with van der Waals surface area (Å²) >= 11 is 0. The number of hydrogen-bond acceptors (Lipinski definition) is 4. The fraction of sp³-hybridized carbons (Fsp3) is 0.400. The summed E-state index contributed by atoms with van der Waals surface area (Å²) < 4.78 is 36.9. The summed E-state index contributed by atoms with van der Waals surface area (Å²) in [6.07, 6.45) is -0.664. The van der Waals surface area contributed by atoms with Crippen molar-refractivity contribution in [1.29, 1.82) is 0 Å². The summed E-state index contributed by atoms with van der Waals surface area (Å²) in [7, 11) is 0. The van der Waals surface area contributed by atoms with Crippen molar-refractivity contribution in [2.24, 2.45) is 5.41 Å². The third-order valence-corrected chi connectivity index (χ3v) is 5.35. The number of carbonyl (C=O) groups excluding carboxylic acids is 1. The first-order valence-electron chi connectivity index (χ1n) is 9.09. The molecule has 0 unspecified atom stereocenters. The highest BCUT2D eigenvalue weighted by atomic mass is 19.4. The SMILES string of the molecule is O=C(O)C(F)(F)F.O=C1NCC[C@]12CN(Cc1ccoc1)C[C@H]2c1ccccc1. The van der Waals surface area contributed by atoms with Crippen LogP contribution in [0.2, 0.25) is 0 Å². The number of benzene rings is 1. The van der Waals surface area contributed by atoms with Gasteiger partial charge in [0, 0.05) is 37.7 Å². The molecule has 29 heavy (non-hydrogen) atoms. The van der Waals surface area contributed by atoms with Crippen LogP contribution in [0.4, 0.5) is 13.2 Å². The van der Waals surface area contributed by atoms with Gasteiger partial charge in [-0.1, -0.05) is 30.3 Å². The molecule has 1 amide bonds. The molecule has 0 radical (unpaired) electrons. The first-order valence-corrected chi connectivity index (χ1v) is 9.09. The molecule has 2 atom stereocenters. The van der Waals surface area contributed by atoms with Gasteiger partial charge in [-0.05, 0) is 18.1 Å². The lowest BCUT2D eigenvalue weighted by Crippen LogP contribution is -2.37. The Morgan fingerprint density at radius 1 is 1.28 bits per heavy atom. The van der Waals surface area contributed by atoms with E-state index in [4.69, 9.17) is 14.3 Å². The molecule has 2 fully saturated rings. The molecule has 0 aliphatic carbocycles. The van der Waals surface area contributed by atoms with E-state index in [2.05, 4.69) is 34.5 Å². The van der Waals surface area contributed by atoms with Gasteiger partial charge >= 0.3 is 12.1 Å². The minimum Gasteiger partial charge on any atom is -0.475 e. The summed E-state index contributed by atoms with van der Waals surface area (Å²) in [5, 5.41) is 10.2. The number of nitrogens with zero attached hydrogens (tertiary/aromatic N) is 1. The number of nitrogens with one attached hydrogen (secondary N) is 1. The van der Waals surface area contributed by atoms with Crippen LogP contribution in [0.15, 0.2) is 53.3 Å². The number of rotatable bonds is 3. The Kier molecular flexibility index (Phi) is 5.97. The highest BCUT2D eigenvalue weighted by molar-refractivity contribution is 5.86. The van der Waals surface area contributed by atoms with E-state index in [1.54, 1.807) is 12.5 Å². The first-order chi connectivity index (χ1) is 13.7. The normalized spacial score (nSPS) is 24.2. The van der Waals surface area contributed by atoms with E-state index in [-0.39, 0.29) is 17.2 Å². The van der Waals surface area contributed by atoms with Gasteiger partial charge in [-0.2, -0.15) is 13.2 Å². The van der Waals surface area contributed by atoms with Gasteiger partial charge in [-0.25, -0.2) is 4.79 Å². The van der Waals surface area contributed by atoms with Crippen LogP contribution in [0.1, 0.15) is 23.5 Å². The van der Waals surface area contributed by atoms with Crippen LogP contribution >= 0.6 is 0 Å². The number of alkyl halides is 3. The van der Waals surface area contributed by atoms with Crippen LogP contribution in [-0.4, -0.2) is 47.7 Å². The Hall–Kier alpha value is -2.81. The van der Waals surface area contributed by atoms with E-state index in [1.807, 2.05) is 12.1 Å². The standard InChI is InChI=1S/C18H20N2O2.C2HF3O2/c21-17-18(7-8-19-17)13-20(10-14-6-9-22-12-14)11-16(18)15-4-2-1-3-5-15;3-2(4,5)1(6)7/h1-6,9,12,16H,7-8,10-11,13H2,(H,19,21);(H,6,7)/t16-,18+;/m0./s1. The van der Waals surface area contributed by atoms with Gasteiger partial charge in [-0.3, -0.25) is 9.69 Å². The van der Waals surface area contributed by atoms with Crippen molar-refractivity contribution in [3.63, 3.8) is 0 Å². The van der Waals surface area contributed by atoms with Crippen molar-refractivity contribution in [3.05, 3.63) is 60.1 Å². The lowest BCUT2D eigenvalue weighted by atomic mass is 9.73. The van der Waals surface area contributed by atoms with Crippen LogP contribution in [-0.2, 0) is 16.1 Å². The molecule has 1 aromatic carbocycles. The van der Waals surface area contributed by atoms with Crippen LogP contribution in [0, 0.1) is 5.41 Å². The van der Waals surface area contributed by atoms with Gasteiger partial charge in [0.05, 0.1) is 17.9 Å². The molecule has 1 spiro atoms. The van der Waals surface area contributed by atoms with E-state index < -0.39 is 12.1 Å². The maximum atomic E-state index is 12.6. The van der Waals surface area contributed by atoms with Crippen LogP contribution in [0.5, 0.6) is 0 Å². The second-order valence-electron chi connectivity index (χ2n) is 7.23. The summed E-state index contributed by atoms with van der Waals surface area (Å²) in [4.78, 5) is 23.9. The molecule has 156 valence electrons. The van der Waals surface area contributed by atoms with Gasteiger partial charge in [-0.15, -0.1) is 0 Å². The van der Waals surface area contributed by atoms with Gasteiger partial charge in [0.1, 0.15) is 0 Å². The average molecular weight is 410 g/mol. The van der Waals surface area contributed by atoms with Crippen molar-refractivity contribution in [2.75, 3.05) is 19.6 Å². The molecule has 2 saturated heterocycles. The van der Waals surface area contributed by atoms with Crippen LogP contribution < -0.4 is 5.32 Å². The van der Waals surface area contributed by atoms with Gasteiger partial charge in [0.15, 0.2) is 0 Å². The second kappa shape index (κ2) is 8.28. The summed E-state index contributed by atoms with van der Waals surface area (Å²) in [6, 6.07) is 12.5. The minimum absolute atomic E-state index is 0.219. The van der Waals surface area contributed by atoms with Gasteiger partial charge < -0.3 is 14.8 Å². The number of amides is 1. The number of carbonyl (C=O) groups is 2. The zero-order valence-corrected chi connectivity index (χ0v) is 15.5. The largest absolute Gasteiger partial charge is 0.490 e. The predicted molar refractivity (Wildman–Crippen MR) is 96.9 cm³/mol. The molecular formula is C20H21F3N2O4. The fourth-order valence-corrected chi connectivity index (χ4v) is 4.05. The quantitative estimate of drug-likeness (QED) is 0.813. The third-order valence-electron chi connectivity index (χ3n) is 5.35. The van der Waals surface area contributed by atoms with E-state index in [0.717, 1.165) is 32.6 Å². The predicted octanol–water partition coefficient (Wildman–Crippen LogP) is 3.02. The highest BCUT2D eigenvalue weighted by Gasteiger charge is 2.54. The average Bonchev–Trinajstić information content (AvgIpc) is 3.39. The number of furan rings is 1. The number of carboxylic acid groups (broad SMARTS) is 1. The summed E-state index contributed by atoms with van der Waals surface area (Å²) in [5.74, 6) is -2.27. The topological polar surface area (TPSA) is 82.8 Å². The number of aliphatic carboxylic acids is 1. The Balaban J connectivity index is 0.000000298. The number of carboxylic acids is 1. The molecule has 0 bridgehead atoms. The van der Waals surface area contributed by atoms with Crippen LogP contribution in [0.25, 0.3) is 0 Å². The van der Waals surface area contributed by atoms with E-state index in [1.165, 1.54) is 11.1 Å². The number of hydrogen-bond donors (Lipinski definition) is 2. The lowest BCUT2D eigenvalue weighted by Gasteiger charge is -2.27. The zero-order chi connectivity index (χ0) is 21.1. The Bertz CT molecular complexity index is 839. The maximum Gasteiger partial charge on any atom is 0.490 e. The Morgan fingerprint density at radius 2 is 1.97 bits per heavy atom. The van der Waals surface area contributed by atoms with Crippen molar-refractivity contribution in [2.45, 2.75) is 25.1 Å². The second-order valence-corrected chi connectivity index (χ2v) is 7.23. The van der Waals surface area contributed by atoms with Gasteiger partial charge in [0.2, 0.25) is 5.91 Å². The molecule has 3 heterocycles. The van der Waals surface area contributed by atoms with E-state index in [0.29, 0.717) is 0 Å². The molecule has 2 aliphatic heterocycles. The zero-order valence-electron chi connectivity index (χ0n) is 15.5. The van der Waals surface area contributed by atoms with E-state index >= 15 is 0 Å². The van der Waals surface area contributed by atoms with E-state index in [9.17, 15) is 18.0 Å². The maximum absolute atomic E-state index is 12.6. The third kappa shape index (κ3) is 4.61. The number of halogens is 3. The van der Waals surface area contributed by atoms with Crippen molar-refractivity contribution in [1.82, 2.24) is 10.2 Å². The molecule has 9 heteroatoms. The fourth-order valence-electron chi connectivity index (χ4n) is 4.05. The number of likely N-dealkylation sites (tertiary alicyclic amines) is 1. The molecule has 4 rings (SSSR count). The van der Waals surface area contributed by atoms with Gasteiger partial charge in [0.25, 0.3) is 0 Å². The summed E-state index contributed by atoms with van der Waals surface area (Å²) in [6.45, 7) is 3.38. The highest BCUT2D eigenvalue weighted by Crippen LogP contribution is 2.47. The minimum atomic E-state index is -5.08. The molecule has 0 saturated carbocycles. The first kappa shape index (κ1) is 20.9. The van der Waals surface area contributed by atoms with Crippen molar-refractivity contribution >= 4 is 11.9 Å². The van der Waals surface area contributed by atoms with Crippen molar-refractivity contribution < 1.29 is 32.3 Å². The molecule has 6 nitrogen and oxygen atoms in total. The smallest absolute Gasteiger partial charge is 0.475 e. The lowest BCUT2D eigenvalue weighted by molar-refractivity contribution is -0.192. The molecule has 2 N–H and O–H groups in total. The molecular weight excluding hydrogens is 389 g/mol. The molecule has 2 aromatic rings. The molecule has 2 aliphatic rings. The Morgan fingerprint density at radius 3 is 2.48 bits per heavy atom. The van der Waals surface area contributed by atoms with Crippen LogP contribution in [0.3, 0.4) is 0 Å².